The highest BCUT2D eigenvalue weighted by Crippen LogP contribution is 2.39. The molecule has 0 N–H and O–H groups in total. The van der Waals surface area contributed by atoms with Gasteiger partial charge in [0.05, 0.1) is 28.6 Å². The van der Waals surface area contributed by atoms with Crippen LogP contribution in [0.25, 0.3) is 33.2 Å². The van der Waals surface area contributed by atoms with Gasteiger partial charge in [-0.15, -0.1) is 21.5 Å². The maximum atomic E-state index is 13.4. The molecule has 5 aromatic rings. The zero-order valence-electron chi connectivity index (χ0n) is 18.5. The Morgan fingerprint density at radius 2 is 1.97 bits per heavy atom. The molecule has 33 heavy (non-hydrogen) atoms. The van der Waals surface area contributed by atoms with Crippen molar-refractivity contribution in [3.8, 4) is 22.3 Å². The third-order valence-corrected chi connectivity index (χ3v) is 6.84. The number of imidazole rings is 1. The SMILES string of the molecule is Cc1cc2ncn(-c3csc(-c4nncn4C(C)C)n3)c(=O)c2cc1-n1cnc(C2CC2)c1. The van der Waals surface area contributed by atoms with Gasteiger partial charge in [0.1, 0.15) is 12.7 Å². The van der Waals surface area contributed by atoms with Crippen molar-refractivity contribution in [2.24, 2.45) is 0 Å². The van der Waals surface area contributed by atoms with E-state index in [9.17, 15) is 4.79 Å². The normalized spacial score (nSPS) is 13.9. The number of hydrogen-bond acceptors (Lipinski definition) is 7. The van der Waals surface area contributed by atoms with E-state index >= 15 is 0 Å². The number of aryl methyl sites for hydroxylation is 1. The van der Waals surface area contributed by atoms with Crippen molar-refractivity contribution >= 4 is 22.2 Å². The minimum absolute atomic E-state index is 0.161. The summed E-state index contributed by atoms with van der Waals surface area (Å²) in [4.78, 5) is 27.2. The zero-order valence-corrected chi connectivity index (χ0v) is 19.3. The topological polar surface area (TPSA) is 96.3 Å². The first kappa shape index (κ1) is 20.0. The molecule has 1 fully saturated rings. The van der Waals surface area contributed by atoms with Crippen molar-refractivity contribution in [3.05, 3.63) is 64.3 Å². The van der Waals surface area contributed by atoms with E-state index in [0.717, 1.165) is 16.9 Å². The molecule has 0 atom stereocenters. The van der Waals surface area contributed by atoms with Gasteiger partial charge >= 0.3 is 0 Å². The van der Waals surface area contributed by atoms with Crippen molar-refractivity contribution in [2.75, 3.05) is 0 Å². The molecule has 6 rings (SSSR count). The summed E-state index contributed by atoms with van der Waals surface area (Å²) in [6.45, 7) is 6.15. The first-order chi connectivity index (χ1) is 16.0. The second kappa shape index (κ2) is 7.45. The molecule has 1 saturated carbocycles. The van der Waals surface area contributed by atoms with Crippen LogP contribution in [-0.2, 0) is 0 Å². The Hall–Kier alpha value is -3.66. The van der Waals surface area contributed by atoms with Gasteiger partial charge in [0, 0.05) is 23.5 Å². The quantitative estimate of drug-likeness (QED) is 0.394. The van der Waals surface area contributed by atoms with Crippen LogP contribution >= 0.6 is 11.3 Å². The average Bonchev–Trinajstić information content (AvgIpc) is 3.21. The second-order valence-corrected chi connectivity index (χ2v) is 9.58. The van der Waals surface area contributed by atoms with Crippen LogP contribution in [0.5, 0.6) is 0 Å². The average molecular weight is 459 g/mol. The number of rotatable bonds is 5. The van der Waals surface area contributed by atoms with Crippen molar-refractivity contribution in [1.82, 2.24) is 38.9 Å². The lowest BCUT2D eigenvalue weighted by atomic mass is 10.1. The van der Waals surface area contributed by atoms with Crippen LogP contribution in [-0.4, -0.2) is 38.9 Å². The van der Waals surface area contributed by atoms with Crippen LogP contribution in [0, 0.1) is 6.92 Å². The molecule has 0 radical (unpaired) electrons. The van der Waals surface area contributed by atoms with Crippen molar-refractivity contribution in [3.63, 3.8) is 0 Å². The molecule has 0 saturated heterocycles. The summed E-state index contributed by atoms with van der Waals surface area (Å²) in [6.07, 6.45) is 9.53. The van der Waals surface area contributed by atoms with Crippen LogP contribution in [0.15, 0.2) is 47.5 Å². The summed E-state index contributed by atoms with van der Waals surface area (Å²) < 4.78 is 5.44. The number of hydrogen-bond donors (Lipinski definition) is 0. The van der Waals surface area contributed by atoms with Gasteiger partial charge < -0.3 is 9.13 Å². The molecule has 1 aromatic carbocycles. The first-order valence-corrected chi connectivity index (χ1v) is 11.8. The molecule has 1 aliphatic rings. The lowest BCUT2D eigenvalue weighted by Gasteiger charge is -2.10. The number of nitrogens with zero attached hydrogens (tertiary/aromatic N) is 8. The van der Waals surface area contributed by atoms with Crippen LogP contribution < -0.4 is 5.56 Å². The van der Waals surface area contributed by atoms with Gasteiger partial charge in [-0.2, -0.15) is 0 Å². The molecule has 0 unspecified atom stereocenters. The molecule has 4 heterocycles. The number of benzene rings is 1. The summed E-state index contributed by atoms with van der Waals surface area (Å²) in [5.41, 5.74) is 3.58. The molecule has 4 aromatic heterocycles. The Kier molecular flexibility index (Phi) is 4.51. The van der Waals surface area contributed by atoms with Crippen LogP contribution in [0.1, 0.15) is 49.9 Å². The van der Waals surface area contributed by atoms with Gasteiger partial charge in [0.15, 0.2) is 16.6 Å². The molecular formula is C23H22N8OS. The van der Waals surface area contributed by atoms with Gasteiger partial charge in [-0.3, -0.25) is 4.79 Å². The summed E-state index contributed by atoms with van der Waals surface area (Å²) in [6, 6.07) is 4.06. The van der Waals surface area contributed by atoms with Crippen LogP contribution in [0.4, 0.5) is 0 Å². The lowest BCUT2D eigenvalue weighted by Crippen LogP contribution is -2.19. The minimum atomic E-state index is -0.161. The molecule has 0 spiro atoms. The van der Waals surface area contributed by atoms with Gasteiger partial charge in [-0.05, 0) is 51.3 Å². The van der Waals surface area contributed by atoms with E-state index in [1.807, 2.05) is 39.9 Å². The van der Waals surface area contributed by atoms with Gasteiger partial charge in [0.25, 0.3) is 5.56 Å². The number of aromatic nitrogens is 8. The molecule has 9 nitrogen and oxygen atoms in total. The predicted molar refractivity (Wildman–Crippen MR) is 126 cm³/mol. The third-order valence-electron chi connectivity index (χ3n) is 6.01. The summed E-state index contributed by atoms with van der Waals surface area (Å²) >= 11 is 1.43. The Balaban J connectivity index is 1.43. The fraction of sp³-hybridized carbons (Fsp3) is 0.304. The zero-order chi connectivity index (χ0) is 22.7. The molecule has 0 bridgehead atoms. The molecule has 0 aliphatic heterocycles. The van der Waals surface area contributed by atoms with E-state index < -0.39 is 0 Å². The highest BCUT2D eigenvalue weighted by Gasteiger charge is 2.26. The molecular weight excluding hydrogens is 436 g/mol. The fourth-order valence-electron chi connectivity index (χ4n) is 4.01. The Labute approximate surface area is 193 Å². The molecule has 0 amide bonds. The van der Waals surface area contributed by atoms with Crippen molar-refractivity contribution < 1.29 is 0 Å². The van der Waals surface area contributed by atoms with Gasteiger partial charge in [-0.25, -0.2) is 19.5 Å². The first-order valence-electron chi connectivity index (χ1n) is 10.9. The van der Waals surface area contributed by atoms with E-state index in [1.165, 1.54) is 35.1 Å². The Bertz CT molecular complexity index is 1550. The predicted octanol–water partition coefficient (Wildman–Crippen LogP) is 4.05. The summed E-state index contributed by atoms with van der Waals surface area (Å²) in [7, 11) is 0. The maximum Gasteiger partial charge on any atom is 0.267 e. The molecule has 10 heteroatoms. The van der Waals surface area contributed by atoms with E-state index in [1.54, 1.807) is 6.33 Å². The Morgan fingerprint density at radius 1 is 1.12 bits per heavy atom. The number of thiazole rings is 1. The van der Waals surface area contributed by atoms with E-state index in [2.05, 4.69) is 45.2 Å². The van der Waals surface area contributed by atoms with E-state index in [4.69, 9.17) is 0 Å². The van der Waals surface area contributed by atoms with E-state index in [-0.39, 0.29) is 11.6 Å². The monoisotopic (exact) mass is 458 g/mol. The van der Waals surface area contributed by atoms with E-state index in [0.29, 0.717) is 33.5 Å². The van der Waals surface area contributed by atoms with Crippen LogP contribution in [0.3, 0.4) is 0 Å². The standard InChI is InChI=1S/C23H22N8OS/c1-13(2)30-12-26-28-21(30)22-27-20(9-33-22)31-11-25-17-6-14(3)19(7-16(17)23(31)32)29-8-18(24-10-29)15-4-5-15/h6-13,15H,4-5H2,1-3H3. The number of fused-ring (bicyclic) bond motifs is 1. The third kappa shape index (κ3) is 3.37. The second-order valence-electron chi connectivity index (χ2n) is 8.72. The Morgan fingerprint density at radius 3 is 2.76 bits per heavy atom. The fourth-order valence-corrected chi connectivity index (χ4v) is 4.80. The van der Waals surface area contributed by atoms with Crippen molar-refractivity contribution in [1.29, 1.82) is 0 Å². The highest BCUT2D eigenvalue weighted by atomic mass is 32.1. The lowest BCUT2D eigenvalue weighted by molar-refractivity contribution is 0.604. The largest absolute Gasteiger partial charge is 0.309 e. The maximum absolute atomic E-state index is 13.4. The summed E-state index contributed by atoms with van der Waals surface area (Å²) in [5.74, 6) is 1.78. The van der Waals surface area contributed by atoms with Crippen LogP contribution in [0.2, 0.25) is 0 Å². The molecule has 166 valence electrons. The minimum Gasteiger partial charge on any atom is -0.309 e. The summed E-state index contributed by atoms with van der Waals surface area (Å²) in [5, 5.41) is 11.3. The smallest absolute Gasteiger partial charge is 0.267 e. The van der Waals surface area contributed by atoms with Gasteiger partial charge in [0.2, 0.25) is 0 Å². The van der Waals surface area contributed by atoms with Gasteiger partial charge in [-0.1, -0.05) is 0 Å². The highest BCUT2D eigenvalue weighted by molar-refractivity contribution is 7.13. The molecule has 1 aliphatic carbocycles. The van der Waals surface area contributed by atoms with Crippen molar-refractivity contribution in [2.45, 2.75) is 45.6 Å².